The smallest absolute Gasteiger partial charge is 0.257 e. The second kappa shape index (κ2) is 4.82. The van der Waals surface area contributed by atoms with Crippen LogP contribution in [0.2, 0.25) is 0 Å². The summed E-state index contributed by atoms with van der Waals surface area (Å²) in [6, 6.07) is 3.83. The molecule has 0 aliphatic rings. The number of aromatic amines is 2. The third kappa shape index (κ3) is 2.31. The van der Waals surface area contributed by atoms with Crippen molar-refractivity contribution in [1.82, 2.24) is 15.2 Å². The van der Waals surface area contributed by atoms with Gasteiger partial charge in [0.25, 0.3) is 5.91 Å². The van der Waals surface area contributed by atoms with Gasteiger partial charge < -0.3 is 10.3 Å². The maximum absolute atomic E-state index is 12.2. The zero-order chi connectivity index (χ0) is 13.4. The van der Waals surface area contributed by atoms with Crippen LogP contribution in [0.15, 0.2) is 39.7 Å². The van der Waals surface area contributed by atoms with Crippen molar-refractivity contribution >= 4 is 54.4 Å². The highest BCUT2D eigenvalue weighted by molar-refractivity contribution is 9.13. The number of carbonyl (C=O) groups is 1. The van der Waals surface area contributed by atoms with Crippen molar-refractivity contribution in [3.8, 4) is 0 Å². The first-order chi connectivity index (χ1) is 9.15. The summed E-state index contributed by atoms with van der Waals surface area (Å²) in [5.74, 6) is -0.179. The Morgan fingerprint density at radius 2 is 2.00 bits per heavy atom. The Balaban J connectivity index is 2.01. The highest BCUT2D eigenvalue weighted by atomic mass is 79.9. The Kier molecular flexibility index (Phi) is 3.16. The fraction of sp³-hybridized carbons (Fsp3) is 0. The van der Waals surface area contributed by atoms with Crippen molar-refractivity contribution in [3.63, 3.8) is 0 Å². The van der Waals surface area contributed by atoms with Crippen molar-refractivity contribution in [2.75, 3.05) is 5.32 Å². The molecule has 2 heterocycles. The fourth-order valence-corrected chi connectivity index (χ4v) is 2.51. The number of H-pyrrole nitrogens is 2. The molecule has 3 N–H and O–H groups in total. The predicted octanol–water partition coefficient (Wildman–Crippen LogP) is 3.67. The molecule has 19 heavy (non-hydrogen) atoms. The molecular weight excluding hydrogens is 376 g/mol. The van der Waals surface area contributed by atoms with E-state index in [0.717, 1.165) is 19.8 Å². The van der Waals surface area contributed by atoms with Crippen molar-refractivity contribution in [1.29, 1.82) is 0 Å². The first-order valence-electron chi connectivity index (χ1n) is 5.41. The lowest BCUT2D eigenvalue weighted by Gasteiger charge is -2.02. The number of nitrogens with one attached hydrogen (secondary N) is 3. The van der Waals surface area contributed by atoms with Gasteiger partial charge in [0.15, 0.2) is 0 Å². The predicted molar refractivity (Wildman–Crippen MR) is 80.2 cm³/mol. The second-order valence-electron chi connectivity index (χ2n) is 3.96. The summed E-state index contributed by atoms with van der Waals surface area (Å²) >= 11 is 6.87. The van der Waals surface area contributed by atoms with Gasteiger partial charge in [-0.15, -0.1) is 0 Å². The quantitative estimate of drug-likeness (QED) is 0.631. The maximum atomic E-state index is 12.2. The molecule has 0 aliphatic carbocycles. The van der Waals surface area contributed by atoms with E-state index in [1.807, 2.05) is 12.1 Å². The lowest BCUT2D eigenvalue weighted by atomic mass is 10.1. The van der Waals surface area contributed by atoms with Crippen LogP contribution in [-0.2, 0) is 0 Å². The van der Waals surface area contributed by atoms with Gasteiger partial charge in [-0.2, -0.15) is 5.10 Å². The fourth-order valence-electron chi connectivity index (χ4n) is 1.82. The highest BCUT2D eigenvalue weighted by Crippen LogP contribution is 2.30. The summed E-state index contributed by atoms with van der Waals surface area (Å²) in [4.78, 5) is 15.3. The minimum absolute atomic E-state index is 0.179. The molecule has 0 saturated heterocycles. The molecule has 3 aromatic rings. The van der Waals surface area contributed by atoms with Crippen molar-refractivity contribution in [2.45, 2.75) is 0 Å². The summed E-state index contributed by atoms with van der Waals surface area (Å²) in [5, 5.41) is 10.1. The first kappa shape index (κ1) is 12.4. The summed E-state index contributed by atoms with van der Waals surface area (Å²) in [7, 11) is 0. The van der Waals surface area contributed by atoms with Crippen LogP contribution in [0.3, 0.4) is 0 Å². The van der Waals surface area contributed by atoms with Crippen molar-refractivity contribution < 1.29 is 4.79 Å². The number of anilines is 1. The Labute approximate surface area is 125 Å². The van der Waals surface area contributed by atoms with Gasteiger partial charge in [-0.3, -0.25) is 9.89 Å². The lowest BCUT2D eigenvalue weighted by Crippen LogP contribution is -2.10. The zero-order valence-corrected chi connectivity index (χ0v) is 12.7. The van der Waals surface area contributed by atoms with E-state index in [9.17, 15) is 4.79 Å². The van der Waals surface area contributed by atoms with E-state index in [0.29, 0.717) is 11.3 Å². The lowest BCUT2D eigenvalue weighted by molar-refractivity contribution is 0.102. The van der Waals surface area contributed by atoms with Gasteiger partial charge in [0.1, 0.15) is 0 Å². The molecule has 0 spiro atoms. The van der Waals surface area contributed by atoms with Crippen LogP contribution in [-0.4, -0.2) is 21.1 Å². The molecule has 1 aromatic carbocycles. The van der Waals surface area contributed by atoms with Gasteiger partial charge in [0.2, 0.25) is 0 Å². The third-order valence-electron chi connectivity index (χ3n) is 2.72. The number of amides is 1. The number of hydrogen-bond donors (Lipinski definition) is 3. The minimum Gasteiger partial charge on any atom is -0.360 e. The minimum atomic E-state index is -0.179. The van der Waals surface area contributed by atoms with Gasteiger partial charge in [-0.05, 0) is 44.0 Å². The third-order valence-corrected chi connectivity index (χ3v) is 4.57. The van der Waals surface area contributed by atoms with Crippen LogP contribution in [0.4, 0.5) is 5.69 Å². The normalized spacial score (nSPS) is 10.8. The average molecular weight is 384 g/mol. The van der Waals surface area contributed by atoms with E-state index in [1.54, 1.807) is 18.6 Å². The van der Waals surface area contributed by atoms with Crippen LogP contribution < -0.4 is 5.32 Å². The molecule has 2 aromatic heterocycles. The molecule has 0 unspecified atom stereocenters. The monoisotopic (exact) mass is 382 g/mol. The Morgan fingerprint density at radius 3 is 2.74 bits per heavy atom. The SMILES string of the molecule is O=C(Nc1cn[nH]c1)c1c[nH]c2cc(Br)c(Br)cc12. The number of benzene rings is 1. The summed E-state index contributed by atoms with van der Waals surface area (Å²) in [6.07, 6.45) is 4.87. The van der Waals surface area contributed by atoms with E-state index >= 15 is 0 Å². The molecule has 0 aliphatic heterocycles. The number of halogens is 2. The van der Waals surface area contributed by atoms with E-state index in [1.165, 1.54) is 0 Å². The summed E-state index contributed by atoms with van der Waals surface area (Å²) in [6.45, 7) is 0. The van der Waals surface area contributed by atoms with Crippen LogP contribution >= 0.6 is 31.9 Å². The zero-order valence-electron chi connectivity index (χ0n) is 9.50. The summed E-state index contributed by atoms with van der Waals surface area (Å²) in [5.41, 5.74) is 2.12. The van der Waals surface area contributed by atoms with E-state index < -0.39 is 0 Å². The molecule has 3 rings (SSSR count). The average Bonchev–Trinajstić information content (AvgIpc) is 2.99. The first-order valence-corrected chi connectivity index (χ1v) is 7.00. The number of fused-ring (bicyclic) bond motifs is 1. The maximum Gasteiger partial charge on any atom is 0.257 e. The van der Waals surface area contributed by atoms with Gasteiger partial charge in [0.05, 0.1) is 17.4 Å². The van der Waals surface area contributed by atoms with Gasteiger partial charge in [-0.1, -0.05) is 0 Å². The number of hydrogen-bond acceptors (Lipinski definition) is 2. The number of rotatable bonds is 2. The van der Waals surface area contributed by atoms with Gasteiger partial charge in [0, 0.05) is 32.2 Å². The molecule has 0 saturated carbocycles. The van der Waals surface area contributed by atoms with Crippen LogP contribution in [0.1, 0.15) is 10.4 Å². The number of carbonyl (C=O) groups excluding carboxylic acids is 1. The molecule has 0 fully saturated rings. The van der Waals surface area contributed by atoms with Crippen LogP contribution in [0, 0.1) is 0 Å². The molecule has 0 atom stereocenters. The Hall–Kier alpha value is -1.60. The topological polar surface area (TPSA) is 73.6 Å². The molecule has 5 nitrogen and oxygen atoms in total. The van der Waals surface area contributed by atoms with E-state index in [-0.39, 0.29) is 5.91 Å². The van der Waals surface area contributed by atoms with Crippen molar-refractivity contribution in [3.05, 3.63) is 45.2 Å². The standard InChI is InChI=1S/C12H8Br2N4O/c13-9-1-7-8(5-15-11(7)2-10(9)14)12(19)18-6-3-16-17-4-6/h1-5,15H,(H,16,17)(H,18,19). The van der Waals surface area contributed by atoms with Gasteiger partial charge >= 0.3 is 0 Å². The molecular formula is C12H8Br2N4O. The summed E-state index contributed by atoms with van der Waals surface area (Å²) < 4.78 is 1.83. The Morgan fingerprint density at radius 1 is 1.21 bits per heavy atom. The second-order valence-corrected chi connectivity index (χ2v) is 5.66. The molecule has 0 bridgehead atoms. The molecule has 7 heteroatoms. The van der Waals surface area contributed by atoms with Crippen molar-refractivity contribution in [2.24, 2.45) is 0 Å². The molecule has 1 amide bonds. The van der Waals surface area contributed by atoms with E-state index in [4.69, 9.17) is 0 Å². The number of aromatic nitrogens is 3. The van der Waals surface area contributed by atoms with Gasteiger partial charge in [-0.25, -0.2) is 0 Å². The largest absolute Gasteiger partial charge is 0.360 e. The van der Waals surface area contributed by atoms with Crippen LogP contribution in [0.5, 0.6) is 0 Å². The Bertz CT molecular complexity index is 749. The van der Waals surface area contributed by atoms with E-state index in [2.05, 4.69) is 52.4 Å². The number of nitrogens with zero attached hydrogens (tertiary/aromatic N) is 1. The molecule has 96 valence electrons. The van der Waals surface area contributed by atoms with Crippen LogP contribution in [0.25, 0.3) is 10.9 Å². The molecule has 0 radical (unpaired) electrons. The highest BCUT2D eigenvalue weighted by Gasteiger charge is 2.14.